The van der Waals surface area contributed by atoms with E-state index in [1.54, 1.807) is 0 Å². The third-order valence-electron chi connectivity index (χ3n) is 5.72. The molecule has 3 rings (SSSR count). The Kier molecular flexibility index (Phi) is 9.03. The predicted octanol–water partition coefficient (Wildman–Crippen LogP) is 3.37. The Morgan fingerprint density at radius 2 is 1.84 bits per heavy atom. The second-order valence-electron chi connectivity index (χ2n) is 8.03. The van der Waals surface area contributed by atoms with E-state index in [2.05, 4.69) is 46.3 Å². The highest BCUT2D eigenvalue weighted by molar-refractivity contribution is 5.79. The number of aliphatic hydroxyl groups is 1. The zero-order valence-corrected chi connectivity index (χ0v) is 18.8. The van der Waals surface area contributed by atoms with Gasteiger partial charge in [0.25, 0.3) is 0 Å². The first-order valence-corrected chi connectivity index (χ1v) is 11.3. The molecule has 2 N–H and O–H groups in total. The first-order chi connectivity index (χ1) is 15.2. The maximum Gasteiger partial charge on any atom is 0.194 e. The highest BCUT2D eigenvalue weighted by Crippen LogP contribution is 2.23. The van der Waals surface area contributed by atoms with Gasteiger partial charge in [0, 0.05) is 39.0 Å². The maximum absolute atomic E-state index is 9.32. The number of ether oxygens (including phenoxy) is 1. The van der Waals surface area contributed by atoms with Crippen LogP contribution in [0.4, 0.5) is 5.69 Å². The maximum atomic E-state index is 9.32. The van der Waals surface area contributed by atoms with E-state index in [1.807, 2.05) is 37.4 Å². The standard InChI is InChI=1S/C25H36N4O2/c1-3-26-25(28(2)17-18-31-24-7-5-4-6-8-24)27-19-21-9-11-23(12-10-21)29-15-13-22(20-30)14-16-29/h4-12,22,30H,3,13-20H2,1-2H3,(H,26,27). The Balaban J connectivity index is 1.50. The number of rotatable bonds is 9. The van der Waals surface area contributed by atoms with Crippen molar-refractivity contribution in [2.75, 3.05) is 51.3 Å². The SMILES string of the molecule is CCNC(=NCc1ccc(N2CCC(CO)CC2)cc1)N(C)CCOc1ccccc1. The van der Waals surface area contributed by atoms with Crippen LogP contribution in [-0.4, -0.2) is 62.4 Å². The molecule has 0 atom stereocenters. The Morgan fingerprint density at radius 3 is 2.48 bits per heavy atom. The number of benzene rings is 2. The number of guanidine groups is 1. The largest absolute Gasteiger partial charge is 0.492 e. The summed E-state index contributed by atoms with van der Waals surface area (Å²) in [5.41, 5.74) is 2.45. The summed E-state index contributed by atoms with van der Waals surface area (Å²) >= 11 is 0. The molecule has 168 valence electrons. The van der Waals surface area contributed by atoms with Crippen LogP contribution in [0, 0.1) is 5.92 Å². The van der Waals surface area contributed by atoms with Gasteiger partial charge in [0.05, 0.1) is 13.1 Å². The third kappa shape index (κ3) is 7.17. The molecular formula is C25H36N4O2. The van der Waals surface area contributed by atoms with Gasteiger partial charge in [-0.1, -0.05) is 30.3 Å². The van der Waals surface area contributed by atoms with Gasteiger partial charge < -0.3 is 25.0 Å². The van der Waals surface area contributed by atoms with Crippen LogP contribution in [0.2, 0.25) is 0 Å². The van der Waals surface area contributed by atoms with Crippen LogP contribution in [0.3, 0.4) is 0 Å². The number of hydrogen-bond acceptors (Lipinski definition) is 4. The lowest BCUT2D eigenvalue weighted by atomic mass is 9.97. The van der Waals surface area contributed by atoms with Gasteiger partial charge in [-0.3, -0.25) is 0 Å². The van der Waals surface area contributed by atoms with Crippen LogP contribution in [0.25, 0.3) is 0 Å². The van der Waals surface area contributed by atoms with Gasteiger partial charge >= 0.3 is 0 Å². The second-order valence-corrected chi connectivity index (χ2v) is 8.03. The smallest absolute Gasteiger partial charge is 0.194 e. The summed E-state index contributed by atoms with van der Waals surface area (Å²) in [6.45, 7) is 7.25. The lowest BCUT2D eigenvalue weighted by molar-refractivity contribution is 0.203. The molecule has 0 aromatic heterocycles. The highest BCUT2D eigenvalue weighted by atomic mass is 16.5. The number of likely N-dealkylation sites (N-methyl/N-ethyl adjacent to an activating group) is 1. The van der Waals surface area contributed by atoms with Gasteiger partial charge in [0.15, 0.2) is 5.96 Å². The molecule has 2 aromatic carbocycles. The summed E-state index contributed by atoms with van der Waals surface area (Å²) in [7, 11) is 2.04. The first-order valence-electron chi connectivity index (χ1n) is 11.3. The fourth-order valence-electron chi connectivity index (χ4n) is 3.74. The van der Waals surface area contributed by atoms with Crippen molar-refractivity contribution in [1.82, 2.24) is 10.2 Å². The van der Waals surface area contributed by atoms with E-state index in [0.717, 1.165) is 50.7 Å². The number of piperidine rings is 1. The zero-order chi connectivity index (χ0) is 21.9. The molecule has 1 fully saturated rings. The molecule has 1 heterocycles. The van der Waals surface area contributed by atoms with Crippen molar-refractivity contribution < 1.29 is 9.84 Å². The summed E-state index contributed by atoms with van der Waals surface area (Å²) in [5.74, 6) is 2.23. The number of aliphatic hydroxyl groups excluding tert-OH is 1. The summed E-state index contributed by atoms with van der Waals surface area (Å²) in [6, 6.07) is 18.6. The van der Waals surface area contributed by atoms with E-state index in [9.17, 15) is 5.11 Å². The van der Waals surface area contributed by atoms with Crippen LogP contribution in [0.15, 0.2) is 59.6 Å². The van der Waals surface area contributed by atoms with Gasteiger partial charge in [-0.05, 0) is 55.5 Å². The molecular weight excluding hydrogens is 388 g/mol. The molecule has 0 amide bonds. The van der Waals surface area contributed by atoms with Gasteiger partial charge in [0.1, 0.15) is 12.4 Å². The second kappa shape index (κ2) is 12.2. The van der Waals surface area contributed by atoms with Crippen LogP contribution in [0.5, 0.6) is 5.75 Å². The molecule has 6 nitrogen and oxygen atoms in total. The highest BCUT2D eigenvalue weighted by Gasteiger charge is 2.18. The van der Waals surface area contributed by atoms with E-state index in [1.165, 1.54) is 11.3 Å². The van der Waals surface area contributed by atoms with Gasteiger partial charge in [-0.25, -0.2) is 4.99 Å². The molecule has 1 saturated heterocycles. The van der Waals surface area contributed by atoms with Crippen molar-refractivity contribution in [1.29, 1.82) is 0 Å². The third-order valence-corrected chi connectivity index (χ3v) is 5.72. The summed E-state index contributed by atoms with van der Waals surface area (Å²) in [4.78, 5) is 9.32. The van der Waals surface area contributed by atoms with Crippen LogP contribution >= 0.6 is 0 Å². The van der Waals surface area contributed by atoms with Crippen molar-refractivity contribution in [2.45, 2.75) is 26.3 Å². The van der Waals surface area contributed by atoms with E-state index in [0.29, 0.717) is 25.7 Å². The Bertz CT molecular complexity index is 787. The average molecular weight is 425 g/mol. The van der Waals surface area contributed by atoms with E-state index >= 15 is 0 Å². The average Bonchev–Trinajstić information content (AvgIpc) is 2.83. The number of nitrogens with one attached hydrogen (secondary N) is 1. The Hall–Kier alpha value is -2.73. The summed E-state index contributed by atoms with van der Waals surface area (Å²) in [6.07, 6.45) is 2.13. The zero-order valence-electron chi connectivity index (χ0n) is 18.8. The van der Waals surface area contributed by atoms with Crippen molar-refractivity contribution in [3.8, 4) is 5.75 Å². The van der Waals surface area contributed by atoms with Crippen molar-refractivity contribution >= 4 is 11.6 Å². The normalized spacial score (nSPS) is 15.1. The molecule has 0 radical (unpaired) electrons. The van der Waals surface area contributed by atoms with Gasteiger partial charge in [-0.2, -0.15) is 0 Å². The number of aliphatic imine (C=N–C) groups is 1. The van der Waals surface area contributed by atoms with Gasteiger partial charge in [-0.15, -0.1) is 0 Å². The summed E-state index contributed by atoms with van der Waals surface area (Å²) < 4.78 is 5.81. The monoisotopic (exact) mass is 424 g/mol. The predicted molar refractivity (Wildman–Crippen MR) is 128 cm³/mol. The summed E-state index contributed by atoms with van der Waals surface area (Å²) in [5, 5.41) is 12.7. The molecule has 6 heteroatoms. The number of para-hydroxylation sites is 1. The number of nitrogens with zero attached hydrogens (tertiary/aromatic N) is 3. The Labute approximate surface area is 186 Å². The minimum Gasteiger partial charge on any atom is -0.492 e. The number of hydrogen-bond donors (Lipinski definition) is 2. The molecule has 0 spiro atoms. The van der Waals surface area contributed by atoms with Crippen molar-refractivity contribution in [2.24, 2.45) is 10.9 Å². The molecule has 0 saturated carbocycles. The van der Waals surface area contributed by atoms with E-state index in [4.69, 9.17) is 9.73 Å². The lowest BCUT2D eigenvalue weighted by Crippen LogP contribution is -2.40. The minimum atomic E-state index is 0.311. The molecule has 31 heavy (non-hydrogen) atoms. The van der Waals surface area contributed by atoms with E-state index in [-0.39, 0.29) is 0 Å². The van der Waals surface area contributed by atoms with Gasteiger partial charge in [0.2, 0.25) is 0 Å². The molecule has 0 aliphatic carbocycles. The molecule has 0 bridgehead atoms. The fraction of sp³-hybridized carbons (Fsp3) is 0.480. The van der Waals surface area contributed by atoms with E-state index < -0.39 is 0 Å². The Morgan fingerprint density at radius 1 is 1.13 bits per heavy atom. The van der Waals surface area contributed by atoms with Crippen LogP contribution in [0.1, 0.15) is 25.3 Å². The molecule has 2 aromatic rings. The van der Waals surface area contributed by atoms with Crippen LogP contribution in [-0.2, 0) is 6.54 Å². The lowest BCUT2D eigenvalue weighted by Gasteiger charge is -2.32. The molecule has 0 unspecified atom stereocenters. The topological polar surface area (TPSA) is 60.3 Å². The fourth-order valence-corrected chi connectivity index (χ4v) is 3.74. The van der Waals surface area contributed by atoms with Crippen molar-refractivity contribution in [3.05, 3.63) is 60.2 Å². The molecule has 1 aliphatic heterocycles. The van der Waals surface area contributed by atoms with Crippen LogP contribution < -0.4 is 15.0 Å². The number of anilines is 1. The first kappa shape index (κ1) is 22.9. The van der Waals surface area contributed by atoms with Crippen molar-refractivity contribution in [3.63, 3.8) is 0 Å². The minimum absolute atomic E-state index is 0.311. The quantitative estimate of drug-likeness (QED) is 0.477. The molecule has 1 aliphatic rings.